The molecular weight excluding hydrogens is 490 g/mol. The standard InChI is InChI=1S/C28H31N3O5S/c1-17(2)29-24(32)13-20-16-37-28-30-18(3)25(27(33)36-15-19-9-7-6-8-10-19)26(31(20)28)22-12-11-21(34-4)14-23(22)35-5/h6-12,14,16-17,26H,13,15H2,1-5H3,(H,29,32)/t26-/m0/s1. The number of carbonyl (C=O) groups is 2. The van der Waals surface area contributed by atoms with Gasteiger partial charge in [0.1, 0.15) is 18.1 Å². The number of allylic oxidation sites excluding steroid dienone is 1. The van der Waals surface area contributed by atoms with Crippen LogP contribution in [0.1, 0.15) is 44.4 Å². The van der Waals surface area contributed by atoms with Crippen LogP contribution in [0, 0.1) is 0 Å². The molecule has 0 aromatic heterocycles. The Hall–Kier alpha value is -3.72. The second-order valence-corrected chi connectivity index (χ2v) is 9.80. The number of nitrogens with one attached hydrogen (secondary N) is 1. The third-order valence-electron chi connectivity index (χ3n) is 5.96. The highest BCUT2D eigenvalue weighted by atomic mass is 32.2. The van der Waals surface area contributed by atoms with Crippen molar-refractivity contribution < 1.29 is 23.8 Å². The molecule has 0 saturated carbocycles. The maximum absolute atomic E-state index is 13.6. The summed E-state index contributed by atoms with van der Waals surface area (Å²) in [5.41, 5.74) is 3.31. The van der Waals surface area contributed by atoms with Gasteiger partial charge in [-0.25, -0.2) is 9.79 Å². The van der Waals surface area contributed by atoms with E-state index in [2.05, 4.69) is 5.32 Å². The Balaban J connectivity index is 1.75. The second kappa shape index (κ2) is 11.6. The molecule has 0 spiro atoms. The lowest BCUT2D eigenvalue weighted by Crippen LogP contribution is -2.39. The molecule has 1 N–H and O–H groups in total. The molecule has 0 aliphatic carbocycles. The third-order valence-corrected chi connectivity index (χ3v) is 6.85. The fourth-order valence-corrected chi connectivity index (χ4v) is 5.27. The summed E-state index contributed by atoms with van der Waals surface area (Å²) >= 11 is 1.42. The zero-order valence-corrected chi connectivity index (χ0v) is 22.4. The number of hydrogen-bond donors (Lipinski definition) is 1. The molecule has 2 aliphatic rings. The highest BCUT2D eigenvalue weighted by Gasteiger charge is 2.42. The molecule has 0 bridgehead atoms. The van der Waals surface area contributed by atoms with Gasteiger partial charge in [-0.05, 0) is 43.9 Å². The Kier molecular flexibility index (Phi) is 8.23. The highest BCUT2D eigenvalue weighted by molar-refractivity contribution is 8.16. The summed E-state index contributed by atoms with van der Waals surface area (Å²) in [5.74, 6) is 0.592. The Morgan fingerprint density at radius 2 is 1.86 bits per heavy atom. The number of amidine groups is 1. The number of fused-ring (bicyclic) bond motifs is 1. The highest BCUT2D eigenvalue weighted by Crippen LogP contribution is 2.47. The van der Waals surface area contributed by atoms with Gasteiger partial charge in [0.2, 0.25) is 5.91 Å². The summed E-state index contributed by atoms with van der Waals surface area (Å²) in [7, 11) is 3.16. The summed E-state index contributed by atoms with van der Waals surface area (Å²) in [6, 6.07) is 14.4. The number of nitrogens with zero attached hydrogens (tertiary/aromatic N) is 2. The third kappa shape index (κ3) is 5.83. The number of esters is 1. The minimum Gasteiger partial charge on any atom is -0.497 e. The van der Waals surface area contributed by atoms with Crippen molar-refractivity contribution >= 4 is 28.8 Å². The van der Waals surface area contributed by atoms with Crippen LogP contribution in [0.3, 0.4) is 0 Å². The lowest BCUT2D eigenvalue weighted by atomic mass is 9.93. The van der Waals surface area contributed by atoms with Crippen molar-refractivity contribution in [2.75, 3.05) is 14.2 Å². The van der Waals surface area contributed by atoms with E-state index in [1.54, 1.807) is 27.2 Å². The zero-order chi connectivity index (χ0) is 26.5. The number of thioether (sulfide) groups is 1. The summed E-state index contributed by atoms with van der Waals surface area (Å²) in [6.45, 7) is 5.77. The smallest absolute Gasteiger partial charge is 0.338 e. The van der Waals surface area contributed by atoms with Gasteiger partial charge in [-0.1, -0.05) is 42.1 Å². The molecule has 2 aromatic rings. The summed E-state index contributed by atoms with van der Waals surface area (Å²) in [6.07, 6.45) is 0.143. The Labute approximate surface area is 221 Å². The number of aliphatic imine (C=N–C) groups is 1. The van der Waals surface area contributed by atoms with E-state index < -0.39 is 12.0 Å². The average molecular weight is 522 g/mol. The van der Waals surface area contributed by atoms with Gasteiger partial charge in [-0.15, -0.1) is 0 Å². The predicted octanol–water partition coefficient (Wildman–Crippen LogP) is 4.94. The van der Waals surface area contributed by atoms with Crippen LogP contribution in [0.25, 0.3) is 0 Å². The number of ether oxygens (including phenoxy) is 3. The number of carbonyl (C=O) groups excluding carboxylic acids is 2. The Bertz CT molecular complexity index is 1270. The molecule has 2 aromatic carbocycles. The fraction of sp³-hybridized carbons (Fsp3) is 0.321. The molecule has 1 amide bonds. The van der Waals surface area contributed by atoms with Gasteiger partial charge < -0.3 is 24.4 Å². The van der Waals surface area contributed by atoms with Gasteiger partial charge in [0, 0.05) is 23.4 Å². The molecule has 2 aliphatic heterocycles. The van der Waals surface area contributed by atoms with E-state index in [1.807, 2.05) is 66.6 Å². The van der Waals surface area contributed by atoms with Crippen molar-refractivity contribution in [3.63, 3.8) is 0 Å². The van der Waals surface area contributed by atoms with E-state index in [4.69, 9.17) is 19.2 Å². The topological polar surface area (TPSA) is 89.5 Å². The molecule has 9 heteroatoms. The van der Waals surface area contributed by atoms with Crippen LogP contribution in [-0.2, 0) is 20.9 Å². The van der Waals surface area contributed by atoms with Gasteiger partial charge in [0.25, 0.3) is 0 Å². The predicted molar refractivity (Wildman–Crippen MR) is 144 cm³/mol. The summed E-state index contributed by atoms with van der Waals surface area (Å²) < 4.78 is 16.9. The molecule has 0 fully saturated rings. The molecule has 2 heterocycles. The van der Waals surface area contributed by atoms with Crippen LogP contribution in [0.15, 0.2) is 75.9 Å². The van der Waals surface area contributed by atoms with E-state index in [0.29, 0.717) is 27.9 Å². The zero-order valence-electron chi connectivity index (χ0n) is 21.6. The van der Waals surface area contributed by atoms with E-state index in [1.165, 1.54) is 11.8 Å². The first kappa shape index (κ1) is 26.3. The number of benzene rings is 2. The normalized spacial score (nSPS) is 16.7. The van der Waals surface area contributed by atoms with Crippen LogP contribution in [0.5, 0.6) is 11.5 Å². The van der Waals surface area contributed by atoms with E-state index in [0.717, 1.165) is 16.8 Å². The number of rotatable bonds is 9. The monoisotopic (exact) mass is 521 g/mol. The van der Waals surface area contributed by atoms with Gasteiger partial charge in [0.05, 0.1) is 38.0 Å². The molecule has 194 valence electrons. The molecule has 0 unspecified atom stereocenters. The first-order valence-corrected chi connectivity index (χ1v) is 12.9. The van der Waals surface area contributed by atoms with Crippen LogP contribution in [0.2, 0.25) is 0 Å². The summed E-state index contributed by atoms with van der Waals surface area (Å²) in [5, 5.41) is 5.54. The molecular formula is C28H31N3O5S. The van der Waals surface area contributed by atoms with Crippen molar-refractivity contribution in [3.8, 4) is 11.5 Å². The number of hydrogen-bond acceptors (Lipinski definition) is 8. The van der Waals surface area contributed by atoms with E-state index >= 15 is 0 Å². The molecule has 8 nitrogen and oxygen atoms in total. The van der Waals surface area contributed by atoms with Crippen molar-refractivity contribution in [1.29, 1.82) is 0 Å². The van der Waals surface area contributed by atoms with Crippen molar-refractivity contribution in [1.82, 2.24) is 10.2 Å². The minimum absolute atomic E-state index is 0.0137. The van der Waals surface area contributed by atoms with Gasteiger partial charge in [0.15, 0.2) is 5.17 Å². The first-order chi connectivity index (χ1) is 17.8. The molecule has 0 saturated heterocycles. The Morgan fingerprint density at radius 3 is 2.54 bits per heavy atom. The largest absolute Gasteiger partial charge is 0.497 e. The lowest BCUT2D eigenvalue weighted by molar-refractivity contribution is -0.141. The minimum atomic E-state index is -0.607. The second-order valence-electron chi connectivity index (χ2n) is 8.96. The quantitative estimate of drug-likeness (QED) is 0.468. The first-order valence-electron chi connectivity index (χ1n) is 12.0. The van der Waals surface area contributed by atoms with E-state index in [9.17, 15) is 9.59 Å². The van der Waals surface area contributed by atoms with Crippen LogP contribution < -0.4 is 14.8 Å². The molecule has 0 radical (unpaired) electrons. The number of amides is 1. The maximum Gasteiger partial charge on any atom is 0.338 e. The van der Waals surface area contributed by atoms with E-state index in [-0.39, 0.29) is 25.0 Å². The lowest BCUT2D eigenvalue weighted by Gasteiger charge is -2.37. The molecule has 37 heavy (non-hydrogen) atoms. The van der Waals surface area contributed by atoms with Gasteiger partial charge in [-0.3, -0.25) is 4.79 Å². The van der Waals surface area contributed by atoms with Crippen molar-refractivity contribution in [2.45, 2.75) is 45.9 Å². The van der Waals surface area contributed by atoms with Gasteiger partial charge >= 0.3 is 5.97 Å². The SMILES string of the molecule is COc1ccc([C@H]2C(C(=O)OCc3ccccc3)=C(C)N=C3SC=C(CC(=O)NC(C)C)N32)c(OC)c1. The van der Waals surface area contributed by atoms with Crippen LogP contribution in [-0.4, -0.2) is 42.2 Å². The molecule has 4 rings (SSSR count). The molecule has 1 atom stereocenters. The van der Waals surface area contributed by atoms with Crippen LogP contribution in [0.4, 0.5) is 0 Å². The van der Waals surface area contributed by atoms with Crippen molar-refractivity contribution in [3.05, 3.63) is 82.0 Å². The fourth-order valence-electron chi connectivity index (χ4n) is 4.31. The van der Waals surface area contributed by atoms with Crippen LogP contribution >= 0.6 is 11.8 Å². The average Bonchev–Trinajstić information content (AvgIpc) is 3.27. The Morgan fingerprint density at radius 1 is 1.11 bits per heavy atom. The van der Waals surface area contributed by atoms with Crippen molar-refractivity contribution in [2.24, 2.45) is 4.99 Å². The maximum atomic E-state index is 13.6. The van der Waals surface area contributed by atoms with Gasteiger partial charge in [-0.2, -0.15) is 0 Å². The summed E-state index contributed by atoms with van der Waals surface area (Å²) in [4.78, 5) is 33.0. The number of methoxy groups -OCH3 is 2.